The predicted octanol–water partition coefficient (Wildman–Crippen LogP) is 5.37. The van der Waals surface area contributed by atoms with Crippen LogP contribution in [-0.2, 0) is 0 Å². The molecule has 1 aromatic heterocycles. The van der Waals surface area contributed by atoms with Crippen LogP contribution >= 0.6 is 46.4 Å². The highest BCUT2D eigenvalue weighted by Gasteiger charge is 2.14. The van der Waals surface area contributed by atoms with E-state index in [0.717, 1.165) is 0 Å². The maximum absolute atomic E-state index is 6.18. The highest BCUT2D eigenvalue weighted by Crippen LogP contribution is 2.41. The van der Waals surface area contributed by atoms with Gasteiger partial charge in [-0.3, -0.25) is 0 Å². The zero-order valence-corrected chi connectivity index (χ0v) is 12.2. The summed E-state index contributed by atoms with van der Waals surface area (Å²) in [5.41, 5.74) is 1.40. The SMILES string of the molecule is COc1cnc(Cl)cc1-c1ccc(Cl)c(Cl)c1Cl. The quantitative estimate of drug-likeness (QED) is 0.547. The normalized spacial score (nSPS) is 10.5. The lowest BCUT2D eigenvalue weighted by molar-refractivity contribution is 0.414. The van der Waals surface area contributed by atoms with E-state index >= 15 is 0 Å². The lowest BCUT2D eigenvalue weighted by Crippen LogP contribution is -1.91. The summed E-state index contributed by atoms with van der Waals surface area (Å²) in [4.78, 5) is 3.94. The Labute approximate surface area is 124 Å². The Morgan fingerprint density at radius 3 is 2.39 bits per heavy atom. The van der Waals surface area contributed by atoms with E-state index in [1.807, 2.05) is 0 Å². The van der Waals surface area contributed by atoms with Crippen LogP contribution in [0.25, 0.3) is 11.1 Å². The molecule has 0 spiro atoms. The highest BCUT2D eigenvalue weighted by atomic mass is 35.5. The van der Waals surface area contributed by atoms with Gasteiger partial charge in [0, 0.05) is 11.1 Å². The smallest absolute Gasteiger partial charge is 0.145 e. The minimum Gasteiger partial charge on any atom is -0.494 e. The average molecular weight is 323 g/mol. The van der Waals surface area contributed by atoms with E-state index in [9.17, 15) is 0 Å². The standard InChI is InChI=1S/C12H7Cl4NO/c1-18-9-5-17-10(14)4-7(9)6-2-3-8(13)12(16)11(6)15/h2-5H,1H3. The minimum atomic E-state index is 0.297. The summed E-state index contributed by atoms with van der Waals surface area (Å²) >= 11 is 24.0. The molecule has 2 aromatic rings. The van der Waals surface area contributed by atoms with Gasteiger partial charge in [-0.25, -0.2) is 4.98 Å². The molecule has 94 valence electrons. The summed E-state index contributed by atoms with van der Waals surface area (Å²) in [7, 11) is 1.54. The van der Waals surface area contributed by atoms with Crippen molar-refractivity contribution in [2.75, 3.05) is 7.11 Å². The number of aromatic nitrogens is 1. The van der Waals surface area contributed by atoms with Crippen molar-refractivity contribution in [2.45, 2.75) is 0 Å². The Morgan fingerprint density at radius 2 is 1.72 bits per heavy atom. The van der Waals surface area contributed by atoms with Crippen LogP contribution < -0.4 is 4.74 Å². The van der Waals surface area contributed by atoms with Gasteiger partial charge >= 0.3 is 0 Å². The highest BCUT2D eigenvalue weighted by molar-refractivity contribution is 6.49. The summed E-state index contributed by atoms with van der Waals surface area (Å²) in [6.07, 6.45) is 1.52. The Hall–Kier alpha value is -0.670. The van der Waals surface area contributed by atoms with Crippen LogP contribution in [0.2, 0.25) is 20.2 Å². The zero-order valence-electron chi connectivity index (χ0n) is 9.18. The first-order valence-corrected chi connectivity index (χ1v) is 6.39. The molecule has 18 heavy (non-hydrogen) atoms. The van der Waals surface area contributed by atoms with Crippen LogP contribution in [0.15, 0.2) is 24.4 Å². The Morgan fingerprint density at radius 1 is 1.00 bits per heavy atom. The molecular formula is C12H7Cl4NO. The molecule has 0 aliphatic rings. The Kier molecular flexibility index (Phi) is 4.23. The van der Waals surface area contributed by atoms with E-state index in [1.165, 1.54) is 6.20 Å². The van der Waals surface area contributed by atoms with Gasteiger partial charge in [-0.05, 0) is 12.1 Å². The summed E-state index contributed by atoms with van der Waals surface area (Å²) in [5.74, 6) is 0.555. The fourth-order valence-corrected chi connectivity index (χ4v) is 2.32. The van der Waals surface area contributed by atoms with Gasteiger partial charge in [-0.1, -0.05) is 52.5 Å². The molecule has 0 atom stereocenters. The Balaban J connectivity index is 2.69. The molecule has 1 heterocycles. The Bertz CT molecular complexity index is 601. The summed E-state index contributed by atoms with van der Waals surface area (Å²) in [5, 5.41) is 1.38. The molecule has 0 fully saturated rings. The van der Waals surface area contributed by atoms with Gasteiger partial charge < -0.3 is 4.74 Å². The molecule has 0 bridgehead atoms. The molecule has 0 radical (unpaired) electrons. The molecule has 0 saturated heterocycles. The molecule has 0 saturated carbocycles. The van der Waals surface area contributed by atoms with E-state index in [2.05, 4.69) is 4.98 Å². The van der Waals surface area contributed by atoms with Crippen molar-refractivity contribution >= 4 is 46.4 Å². The molecule has 1 aromatic carbocycles. The van der Waals surface area contributed by atoms with Crippen molar-refractivity contribution in [1.82, 2.24) is 4.98 Å². The fourth-order valence-electron chi connectivity index (χ4n) is 1.52. The number of nitrogens with zero attached hydrogens (tertiary/aromatic N) is 1. The fraction of sp³-hybridized carbons (Fsp3) is 0.0833. The minimum absolute atomic E-state index is 0.297. The van der Waals surface area contributed by atoms with Gasteiger partial charge in [-0.2, -0.15) is 0 Å². The molecule has 0 unspecified atom stereocenters. The van der Waals surface area contributed by atoms with E-state index in [0.29, 0.717) is 37.1 Å². The van der Waals surface area contributed by atoms with Crippen LogP contribution in [0.4, 0.5) is 0 Å². The van der Waals surface area contributed by atoms with Crippen molar-refractivity contribution in [1.29, 1.82) is 0 Å². The zero-order chi connectivity index (χ0) is 13.3. The van der Waals surface area contributed by atoms with E-state index in [4.69, 9.17) is 51.1 Å². The third kappa shape index (κ3) is 2.52. The molecule has 6 heteroatoms. The predicted molar refractivity (Wildman–Crippen MR) is 76.3 cm³/mol. The summed E-state index contributed by atoms with van der Waals surface area (Å²) < 4.78 is 5.22. The van der Waals surface area contributed by atoms with Crippen molar-refractivity contribution in [3.05, 3.63) is 44.6 Å². The van der Waals surface area contributed by atoms with Crippen LogP contribution in [0.1, 0.15) is 0 Å². The van der Waals surface area contributed by atoms with E-state index < -0.39 is 0 Å². The van der Waals surface area contributed by atoms with Gasteiger partial charge in [-0.15, -0.1) is 0 Å². The maximum Gasteiger partial charge on any atom is 0.145 e. The van der Waals surface area contributed by atoms with Crippen molar-refractivity contribution in [3.63, 3.8) is 0 Å². The summed E-state index contributed by atoms with van der Waals surface area (Å²) in [6.45, 7) is 0. The van der Waals surface area contributed by atoms with Crippen LogP contribution in [0.5, 0.6) is 5.75 Å². The molecule has 0 aliphatic carbocycles. The summed E-state index contributed by atoms with van der Waals surface area (Å²) in [6, 6.07) is 5.08. The van der Waals surface area contributed by atoms with Crippen LogP contribution in [0, 0.1) is 0 Å². The molecule has 2 rings (SSSR count). The van der Waals surface area contributed by atoms with Gasteiger partial charge in [0.05, 0.1) is 28.4 Å². The first-order valence-electron chi connectivity index (χ1n) is 4.88. The molecule has 2 nitrogen and oxygen atoms in total. The third-order valence-corrected chi connectivity index (χ3v) is 3.88. The van der Waals surface area contributed by atoms with Gasteiger partial charge in [0.15, 0.2) is 0 Å². The second kappa shape index (κ2) is 5.54. The van der Waals surface area contributed by atoms with Gasteiger partial charge in [0.1, 0.15) is 10.9 Å². The first kappa shape index (κ1) is 13.8. The van der Waals surface area contributed by atoms with Gasteiger partial charge in [0.25, 0.3) is 0 Å². The molecule has 0 amide bonds. The second-order valence-electron chi connectivity index (χ2n) is 3.43. The van der Waals surface area contributed by atoms with E-state index in [-0.39, 0.29) is 0 Å². The molecule has 0 aliphatic heterocycles. The van der Waals surface area contributed by atoms with Crippen molar-refractivity contribution < 1.29 is 4.74 Å². The largest absolute Gasteiger partial charge is 0.494 e. The number of rotatable bonds is 2. The van der Waals surface area contributed by atoms with Crippen LogP contribution in [0.3, 0.4) is 0 Å². The lowest BCUT2D eigenvalue weighted by atomic mass is 10.1. The van der Waals surface area contributed by atoms with Crippen molar-refractivity contribution in [2.24, 2.45) is 0 Å². The van der Waals surface area contributed by atoms with Crippen LogP contribution in [-0.4, -0.2) is 12.1 Å². The number of hydrogen-bond acceptors (Lipinski definition) is 2. The molecular weight excluding hydrogens is 316 g/mol. The van der Waals surface area contributed by atoms with E-state index in [1.54, 1.807) is 25.3 Å². The molecule has 0 N–H and O–H groups in total. The van der Waals surface area contributed by atoms with Gasteiger partial charge in [0.2, 0.25) is 0 Å². The third-order valence-electron chi connectivity index (χ3n) is 2.38. The monoisotopic (exact) mass is 321 g/mol. The number of halogens is 4. The first-order chi connectivity index (χ1) is 8.54. The topological polar surface area (TPSA) is 22.1 Å². The number of ether oxygens (including phenoxy) is 1. The maximum atomic E-state index is 6.18. The average Bonchev–Trinajstić information content (AvgIpc) is 2.36. The van der Waals surface area contributed by atoms with Crippen molar-refractivity contribution in [3.8, 4) is 16.9 Å². The lowest BCUT2D eigenvalue weighted by Gasteiger charge is -2.11. The number of benzene rings is 1. The number of pyridine rings is 1. The number of methoxy groups -OCH3 is 1. The number of hydrogen-bond donors (Lipinski definition) is 0. The second-order valence-corrected chi connectivity index (χ2v) is 4.98.